The van der Waals surface area contributed by atoms with Crippen molar-refractivity contribution < 1.29 is 78.2 Å². The molecule has 0 aromatic heterocycles. The van der Waals surface area contributed by atoms with Gasteiger partial charge in [-0.15, -0.1) is 0 Å². The first-order chi connectivity index (χ1) is 33.0. The number of benzene rings is 1. The van der Waals surface area contributed by atoms with Crippen LogP contribution in [0, 0.1) is 18.8 Å². The first-order valence-corrected chi connectivity index (χ1v) is 25.0. The van der Waals surface area contributed by atoms with Crippen LogP contribution in [0.4, 0.5) is 0 Å². The van der Waals surface area contributed by atoms with Gasteiger partial charge in [0.1, 0.15) is 42.5 Å². The molecule has 1 aromatic rings. The number of methoxy groups -OCH3 is 1. The molecule has 19 nitrogen and oxygen atoms in total. The van der Waals surface area contributed by atoms with Crippen LogP contribution < -0.4 is 4.74 Å². The van der Waals surface area contributed by atoms with Crippen molar-refractivity contribution >= 4 is 23.8 Å². The summed E-state index contributed by atoms with van der Waals surface area (Å²) in [5.41, 5.74) is -0.176. The molecular weight excluding hydrogens is 923 g/mol. The highest BCUT2D eigenvalue weighted by molar-refractivity contribution is 5.98. The van der Waals surface area contributed by atoms with Gasteiger partial charge in [0, 0.05) is 43.1 Å². The molecule has 0 bridgehead atoms. The van der Waals surface area contributed by atoms with Crippen molar-refractivity contribution in [1.82, 2.24) is 14.7 Å². The number of carbonyl (C=O) groups excluding carboxylic acids is 4. The molecule has 12 atom stereocenters. The Morgan fingerprint density at radius 3 is 2.25 bits per heavy atom. The molecule has 0 spiro atoms. The highest BCUT2D eigenvalue weighted by atomic mass is 16.7. The summed E-state index contributed by atoms with van der Waals surface area (Å²) in [4.78, 5) is 57.2. The second-order valence-electron chi connectivity index (χ2n) is 20.8. The molecular formula is C52H87N3O16. The van der Waals surface area contributed by atoms with E-state index in [1.807, 2.05) is 38.8 Å². The standard InChI is InChI=1S/C52H87N3O16/c1-16-39(51(9,10)64)70-48(62)33(6)43(59)32(5)47(52(11,65)22-17-23-54(13)34(7)35(8)56)71-50-45(61)38(26-30(3)69-50)55(14)40(57)27-53(12)24-25-67-41(58)21-19-29(2)18-20-36-44(60)42-37(28-68-49(42)63)31(4)46(36)66-15/h18,30,32-35,38-39,43,45,47,50,56,59-61,64-65H,16-17,19-28H2,1-15H3/b29-18+/t30-,32+,33-,34-,35+,38+,39-,43+,45-,47-,50+,52-/m1/s1. The smallest absolute Gasteiger partial charge is 0.342 e. The van der Waals surface area contributed by atoms with Crippen LogP contribution in [0.5, 0.6) is 11.5 Å². The Morgan fingerprint density at radius 1 is 1.01 bits per heavy atom. The molecule has 1 fully saturated rings. The number of phenols is 1. The van der Waals surface area contributed by atoms with Gasteiger partial charge < -0.3 is 68.9 Å². The van der Waals surface area contributed by atoms with Crippen molar-refractivity contribution in [2.45, 2.75) is 194 Å². The number of amides is 1. The van der Waals surface area contributed by atoms with Gasteiger partial charge in [0.2, 0.25) is 5.91 Å². The van der Waals surface area contributed by atoms with Gasteiger partial charge >= 0.3 is 17.9 Å². The second-order valence-corrected chi connectivity index (χ2v) is 20.8. The van der Waals surface area contributed by atoms with E-state index < -0.39 is 89.9 Å². The minimum Gasteiger partial charge on any atom is -0.507 e. The monoisotopic (exact) mass is 1010 g/mol. The summed E-state index contributed by atoms with van der Waals surface area (Å²) in [5, 5.41) is 67.3. The molecule has 1 saturated heterocycles. The van der Waals surface area contributed by atoms with E-state index in [1.54, 1.807) is 53.6 Å². The van der Waals surface area contributed by atoms with Gasteiger partial charge in [-0.1, -0.05) is 25.5 Å². The number of fused-ring (bicyclic) bond motifs is 1. The Bertz CT molecular complexity index is 1970. The van der Waals surface area contributed by atoms with Gasteiger partial charge in [-0.25, -0.2) is 4.79 Å². The minimum atomic E-state index is -1.65. The molecule has 19 heteroatoms. The van der Waals surface area contributed by atoms with Crippen LogP contribution in [-0.2, 0) is 51.1 Å². The molecule has 6 N–H and O–H groups in total. The number of carbonyl (C=O) groups is 4. The van der Waals surface area contributed by atoms with Gasteiger partial charge in [-0.05, 0) is 127 Å². The lowest BCUT2D eigenvalue weighted by molar-refractivity contribution is -0.298. The number of rotatable bonds is 28. The number of aliphatic hydroxyl groups is 5. The molecule has 2 aliphatic heterocycles. The van der Waals surface area contributed by atoms with E-state index in [0.717, 1.165) is 11.1 Å². The quantitative estimate of drug-likeness (QED) is 0.0397. The molecule has 0 saturated carbocycles. The fourth-order valence-electron chi connectivity index (χ4n) is 9.36. The Labute approximate surface area is 421 Å². The molecule has 2 heterocycles. The van der Waals surface area contributed by atoms with Crippen LogP contribution in [0.15, 0.2) is 11.6 Å². The van der Waals surface area contributed by atoms with E-state index in [4.69, 9.17) is 28.4 Å². The second kappa shape index (κ2) is 26.9. The zero-order valence-electron chi connectivity index (χ0n) is 45.0. The molecule has 0 aliphatic carbocycles. The maximum absolute atomic E-state index is 13.7. The topological polar surface area (TPSA) is 255 Å². The number of phenolic OH excluding ortho intramolecular Hbond substituents is 1. The Balaban J connectivity index is 1.65. The zero-order valence-corrected chi connectivity index (χ0v) is 45.0. The predicted molar refractivity (Wildman–Crippen MR) is 264 cm³/mol. The van der Waals surface area contributed by atoms with Gasteiger partial charge in [0.05, 0.1) is 61.2 Å². The van der Waals surface area contributed by atoms with Crippen LogP contribution in [-0.4, -0.2) is 190 Å². The van der Waals surface area contributed by atoms with Gasteiger partial charge in [-0.2, -0.15) is 0 Å². The summed E-state index contributed by atoms with van der Waals surface area (Å²) < 4.78 is 34.5. The molecule has 0 unspecified atom stereocenters. The largest absolute Gasteiger partial charge is 0.507 e. The number of esters is 3. The van der Waals surface area contributed by atoms with Crippen LogP contribution in [0.25, 0.3) is 0 Å². The van der Waals surface area contributed by atoms with Crippen molar-refractivity contribution in [3.05, 3.63) is 33.9 Å². The summed E-state index contributed by atoms with van der Waals surface area (Å²) >= 11 is 0. The van der Waals surface area contributed by atoms with E-state index in [2.05, 4.69) is 0 Å². The number of likely N-dealkylation sites (N-methyl/N-ethyl adjacent to an activating group) is 3. The summed E-state index contributed by atoms with van der Waals surface area (Å²) in [6.07, 6.45) is -3.49. The lowest BCUT2D eigenvalue weighted by Crippen LogP contribution is -2.60. The number of nitrogens with zero attached hydrogens (tertiary/aromatic N) is 3. The third-order valence-electron chi connectivity index (χ3n) is 14.5. The Kier molecular flexibility index (Phi) is 23.2. The molecule has 0 radical (unpaired) electrons. The Morgan fingerprint density at radius 2 is 1.66 bits per heavy atom. The van der Waals surface area contributed by atoms with Crippen molar-refractivity contribution in [3.8, 4) is 11.5 Å². The first-order valence-electron chi connectivity index (χ1n) is 25.0. The summed E-state index contributed by atoms with van der Waals surface area (Å²) in [5.74, 6) is -3.82. The number of hydrogen-bond donors (Lipinski definition) is 6. The molecule has 406 valence electrons. The van der Waals surface area contributed by atoms with Crippen molar-refractivity contribution in [2.75, 3.05) is 54.5 Å². The number of allylic oxidation sites excluding steroid dienone is 2. The third-order valence-corrected chi connectivity index (χ3v) is 14.5. The van der Waals surface area contributed by atoms with E-state index in [-0.39, 0.29) is 75.2 Å². The fraction of sp³-hybridized carbons (Fsp3) is 0.769. The van der Waals surface area contributed by atoms with Crippen LogP contribution in [0.3, 0.4) is 0 Å². The number of aliphatic hydroxyl groups excluding tert-OH is 3. The normalized spacial score (nSPS) is 22.4. The minimum absolute atomic E-state index is 0.0215. The van der Waals surface area contributed by atoms with Crippen LogP contribution in [0.2, 0.25) is 0 Å². The number of aromatic hydroxyl groups is 1. The summed E-state index contributed by atoms with van der Waals surface area (Å²) in [6.45, 7) is 19.3. The van der Waals surface area contributed by atoms with E-state index in [0.29, 0.717) is 42.7 Å². The zero-order chi connectivity index (χ0) is 53.9. The average Bonchev–Trinajstić information content (AvgIpc) is 3.70. The van der Waals surface area contributed by atoms with E-state index >= 15 is 0 Å². The maximum atomic E-state index is 13.7. The van der Waals surface area contributed by atoms with Crippen LogP contribution >= 0.6 is 0 Å². The number of cyclic esters (lactones) is 1. The van der Waals surface area contributed by atoms with E-state index in [9.17, 15) is 49.8 Å². The number of hydrogen-bond acceptors (Lipinski definition) is 18. The van der Waals surface area contributed by atoms with Gasteiger partial charge in [0.15, 0.2) is 6.29 Å². The molecule has 3 rings (SSSR count). The SMILES string of the molecule is CC[C@@H](OC(=O)[C@H](C)[C@@H](O)[C@H](C)[C@@H](O[C@@H]1O[C@H](C)C[C@H](N(C)C(=O)CN(C)CCOC(=O)CC/C(C)=C/Cc2c(O)c3c(c(C)c2OC)COC3=O)[C@H]1O)[C@](C)(O)CCCN(C)[C@H](C)[C@H](C)O)C(C)(C)O. The highest BCUT2D eigenvalue weighted by Gasteiger charge is 2.48. The van der Waals surface area contributed by atoms with Gasteiger partial charge in [0.25, 0.3) is 0 Å². The fourth-order valence-corrected chi connectivity index (χ4v) is 9.36. The average molecular weight is 1010 g/mol. The van der Waals surface area contributed by atoms with E-state index in [1.165, 1.54) is 32.8 Å². The first kappa shape index (κ1) is 61.4. The maximum Gasteiger partial charge on any atom is 0.342 e. The van der Waals surface area contributed by atoms with Crippen molar-refractivity contribution in [2.24, 2.45) is 11.8 Å². The van der Waals surface area contributed by atoms with Crippen LogP contribution in [0.1, 0.15) is 135 Å². The van der Waals surface area contributed by atoms with Crippen molar-refractivity contribution in [3.63, 3.8) is 0 Å². The highest BCUT2D eigenvalue weighted by Crippen LogP contribution is 2.42. The lowest BCUT2D eigenvalue weighted by Gasteiger charge is -2.46. The predicted octanol–water partition coefficient (Wildman–Crippen LogP) is 3.79. The van der Waals surface area contributed by atoms with Crippen molar-refractivity contribution in [1.29, 1.82) is 0 Å². The third kappa shape index (κ3) is 16.5. The van der Waals surface area contributed by atoms with Gasteiger partial charge in [-0.3, -0.25) is 19.3 Å². The lowest BCUT2D eigenvalue weighted by atomic mass is 9.79. The summed E-state index contributed by atoms with van der Waals surface area (Å²) in [7, 11) is 6.64. The number of ether oxygens (including phenoxy) is 6. The molecule has 1 amide bonds. The summed E-state index contributed by atoms with van der Waals surface area (Å²) in [6, 6.07) is -0.936. The Hall–Kier alpha value is -3.92. The molecule has 71 heavy (non-hydrogen) atoms. The molecule has 2 aliphatic rings. The molecule has 1 aromatic carbocycles.